The van der Waals surface area contributed by atoms with Crippen LogP contribution in [0, 0.1) is 0 Å². The molecule has 1 aromatic heterocycles. The first-order chi connectivity index (χ1) is 9.18. The molecular formula is C17H20OS. The van der Waals surface area contributed by atoms with E-state index in [4.69, 9.17) is 0 Å². The first-order valence-electron chi connectivity index (χ1n) is 7.05. The maximum atomic E-state index is 10.9. The Bertz CT molecular complexity index is 572. The van der Waals surface area contributed by atoms with Crippen LogP contribution in [-0.4, -0.2) is 10.7 Å². The van der Waals surface area contributed by atoms with Crippen molar-refractivity contribution in [2.24, 2.45) is 0 Å². The molecule has 1 aromatic carbocycles. The second-order valence-corrected chi connectivity index (χ2v) is 6.82. The predicted molar refractivity (Wildman–Crippen MR) is 80.8 cm³/mol. The minimum absolute atomic E-state index is 0.551. The highest BCUT2D eigenvalue weighted by Crippen LogP contribution is 2.33. The fourth-order valence-corrected chi connectivity index (χ4v) is 4.06. The van der Waals surface area contributed by atoms with Crippen LogP contribution in [-0.2, 0) is 25.7 Å². The van der Waals surface area contributed by atoms with Crippen molar-refractivity contribution < 1.29 is 5.11 Å². The van der Waals surface area contributed by atoms with Gasteiger partial charge in [-0.05, 0) is 42.5 Å². The topological polar surface area (TPSA) is 20.2 Å². The highest BCUT2D eigenvalue weighted by atomic mass is 32.1. The summed E-state index contributed by atoms with van der Waals surface area (Å²) in [6.07, 6.45) is 4.56. The summed E-state index contributed by atoms with van der Waals surface area (Å²) in [7, 11) is 0. The summed E-state index contributed by atoms with van der Waals surface area (Å²) in [6.45, 7) is 2.18. The van der Waals surface area contributed by atoms with Crippen LogP contribution in [0.1, 0.15) is 34.2 Å². The van der Waals surface area contributed by atoms with E-state index in [0.717, 1.165) is 32.1 Å². The maximum Gasteiger partial charge on any atom is 0.0739 e. The first-order valence-corrected chi connectivity index (χ1v) is 7.87. The van der Waals surface area contributed by atoms with Gasteiger partial charge in [-0.2, -0.15) is 0 Å². The molecule has 3 rings (SSSR count). The van der Waals surface area contributed by atoms with Crippen molar-refractivity contribution in [1.82, 2.24) is 0 Å². The van der Waals surface area contributed by atoms with Crippen LogP contribution in [0.3, 0.4) is 0 Å². The smallest absolute Gasteiger partial charge is 0.0739 e. The van der Waals surface area contributed by atoms with E-state index in [0.29, 0.717) is 0 Å². The number of benzene rings is 1. The third kappa shape index (κ3) is 2.75. The first kappa shape index (κ1) is 12.9. The third-order valence-electron chi connectivity index (χ3n) is 4.07. The van der Waals surface area contributed by atoms with E-state index in [-0.39, 0.29) is 0 Å². The summed E-state index contributed by atoms with van der Waals surface area (Å²) in [6, 6.07) is 12.9. The molecule has 2 heteroatoms. The molecule has 19 heavy (non-hydrogen) atoms. The third-order valence-corrected chi connectivity index (χ3v) is 5.30. The molecule has 1 aliphatic rings. The van der Waals surface area contributed by atoms with Crippen molar-refractivity contribution in [2.45, 2.75) is 44.6 Å². The van der Waals surface area contributed by atoms with Crippen molar-refractivity contribution >= 4 is 11.3 Å². The maximum absolute atomic E-state index is 10.9. The van der Waals surface area contributed by atoms with Gasteiger partial charge in [-0.1, -0.05) is 31.2 Å². The molecule has 0 fully saturated rings. The van der Waals surface area contributed by atoms with Gasteiger partial charge >= 0.3 is 0 Å². The Labute approximate surface area is 118 Å². The van der Waals surface area contributed by atoms with Gasteiger partial charge in [0, 0.05) is 22.6 Å². The minimum Gasteiger partial charge on any atom is -0.389 e. The predicted octanol–water partition coefficient (Wildman–Crippen LogP) is 3.77. The van der Waals surface area contributed by atoms with Crippen LogP contribution in [0.4, 0.5) is 0 Å². The van der Waals surface area contributed by atoms with Gasteiger partial charge in [0.25, 0.3) is 0 Å². The van der Waals surface area contributed by atoms with Crippen molar-refractivity contribution in [1.29, 1.82) is 0 Å². The summed E-state index contributed by atoms with van der Waals surface area (Å²) < 4.78 is 0. The van der Waals surface area contributed by atoms with E-state index < -0.39 is 5.60 Å². The molecule has 2 aromatic rings. The van der Waals surface area contributed by atoms with E-state index in [1.807, 2.05) is 11.3 Å². The second kappa shape index (κ2) is 5.10. The summed E-state index contributed by atoms with van der Waals surface area (Å²) in [4.78, 5) is 2.73. The minimum atomic E-state index is -0.551. The largest absolute Gasteiger partial charge is 0.389 e. The summed E-state index contributed by atoms with van der Waals surface area (Å²) in [5, 5.41) is 10.9. The van der Waals surface area contributed by atoms with Gasteiger partial charge in [-0.15, -0.1) is 11.3 Å². The van der Waals surface area contributed by atoms with Gasteiger partial charge in [0.1, 0.15) is 0 Å². The Hall–Kier alpha value is -1.12. The van der Waals surface area contributed by atoms with Gasteiger partial charge < -0.3 is 5.11 Å². The Morgan fingerprint density at radius 1 is 1.11 bits per heavy atom. The molecule has 0 radical (unpaired) electrons. The molecule has 0 spiro atoms. The van der Waals surface area contributed by atoms with Gasteiger partial charge in [-0.25, -0.2) is 0 Å². The number of aliphatic hydroxyl groups is 1. The quantitative estimate of drug-likeness (QED) is 0.901. The lowest BCUT2D eigenvalue weighted by Crippen LogP contribution is -2.37. The van der Waals surface area contributed by atoms with E-state index >= 15 is 0 Å². The van der Waals surface area contributed by atoms with Crippen molar-refractivity contribution in [3.63, 3.8) is 0 Å². The summed E-state index contributed by atoms with van der Waals surface area (Å²) in [5.74, 6) is 0. The van der Waals surface area contributed by atoms with Crippen molar-refractivity contribution in [3.05, 3.63) is 57.3 Å². The Kier molecular flexibility index (Phi) is 3.46. The zero-order chi connectivity index (χ0) is 13.3. The summed E-state index contributed by atoms with van der Waals surface area (Å²) >= 11 is 1.85. The van der Waals surface area contributed by atoms with Crippen LogP contribution in [0.2, 0.25) is 0 Å². The fraction of sp³-hybridized carbons (Fsp3) is 0.412. The molecule has 0 saturated carbocycles. The van der Waals surface area contributed by atoms with E-state index in [2.05, 4.69) is 43.3 Å². The lowest BCUT2D eigenvalue weighted by molar-refractivity contribution is 0.0275. The molecule has 1 aliphatic carbocycles. The highest BCUT2D eigenvalue weighted by molar-refractivity contribution is 7.12. The SMILES string of the molecule is CCc1ccc(CC2(O)CCc3ccccc3C2)s1. The summed E-state index contributed by atoms with van der Waals surface area (Å²) in [5.41, 5.74) is 2.18. The van der Waals surface area contributed by atoms with Gasteiger partial charge in [0.2, 0.25) is 0 Å². The molecule has 1 atom stereocenters. The molecular weight excluding hydrogens is 252 g/mol. The molecule has 0 bridgehead atoms. The zero-order valence-electron chi connectivity index (χ0n) is 11.4. The Balaban J connectivity index is 1.78. The van der Waals surface area contributed by atoms with E-state index in [1.165, 1.54) is 20.9 Å². The second-order valence-electron chi connectivity index (χ2n) is 5.57. The zero-order valence-corrected chi connectivity index (χ0v) is 12.2. The Morgan fingerprint density at radius 2 is 1.84 bits per heavy atom. The van der Waals surface area contributed by atoms with E-state index in [1.54, 1.807) is 0 Å². The number of hydrogen-bond acceptors (Lipinski definition) is 2. The van der Waals surface area contributed by atoms with Crippen LogP contribution < -0.4 is 0 Å². The molecule has 1 unspecified atom stereocenters. The monoisotopic (exact) mass is 272 g/mol. The molecule has 1 nitrogen and oxygen atoms in total. The van der Waals surface area contributed by atoms with Crippen LogP contribution in [0.15, 0.2) is 36.4 Å². The Morgan fingerprint density at radius 3 is 2.58 bits per heavy atom. The van der Waals surface area contributed by atoms with Crippen LogP contribution in [0.25, 0.3) is 0 Å². The number of fused-ring (bicyclic) bond motifs is 1. The lowest BCUT2D eigenvalue weighted by Gasteiger charge is -2.33. The molecule has 0 aliphatic heterocycles. The van der Waals surface area contributed by atoms with Gasteiger partial charge in [0.05, 0.1) is 5.60 Å². The van der Waals surface area contributed by atoms with E-state index in [9.17, 15) is 5.11 Å². The molecule has 0 amide bonds. The molecule has 1 heterocycles. The highest BCUT2D eigenvalue weighted by Gasteiger charge is 2.32. The van der Waals surface area contributed by atoms with Crippen LogP contribution >= 0.6 is 11.3 Å². The number of thiophene rings is 1. The number of hydrogen-bond donors (Lipinski definition) is 1. The normalized spacial score (nSPS) is 22.2. The average Bonchev–Trinajstić information content (AvgIpc) is 2.85. The number of rotatable bonds is 3. The molecule has 0 saturated heterocycles. The average molecular weight is 272 g/mol. The van der Waals surface area contributed by atoms with Gasteiger partial charge in [0.15, 0.2) is 0 Å². The lowest BCUT2D eigenvalue weighted by atomic mass is 9.78. The van der Waals surface area contributed by atoms with Crippen LogP contribution in [0.5, 0.6) is 0 Å². The fourth-order valence-electron chi connectivity index (χ4n) is 2.97. The van der Waals surface area contributed by atoms with Gasteiger partial charge in [-0.3, -0.25) is 0 Å². The van der Waals surface area contributed by atoms with Crippen molar-refractivity contribution in [2.75, 3.05) is 0 Å². The number of aryl methyl sites for hydroxylation is 2. The molecule has 1 N–H and O–H groups in total. The molecule has 100 valence electrons. The standard InChI is InChI=1S/C17H20OS/c1-2-15-7-8-16(19-15)12-17(18)10-9-13-5-3-4-6-14(13)11-17/h3-8,18H,2,9-12H2,1H3. The van der Waals surface area contributed by atoms with Crippen molar-refractivity contribution in [3.8, 4) is 0 Å².